The van der Waals surface area contributed by atoms with Gasteiger partial charge in [0.2, 0.25) is 5.88 Å². The summed E-state index contributed by atoms with van der Waals surface area (Å²) in [5.41, 5.74) is 2.43. The molecule has 1 fully saturated rings. The summed E-state index contributed by atoms with van der Waals surface area (Å²) in [6.07, 6.45) is 1.79. The van der Waals surface area contributed by atoms with Crippen LogP contribution < -0.4 is 4.74 Å². The maximum atomic E-state index is 14.2. The van der Waals surface area contributed by atoms with Crippen molar-refractivity contribution in [3.8, 4) is 17.1 Å². The molecule has 0 spiro atoms. The van der Waals surface area contributed by atoms with E-state index in [1.165, 1.54) is 12.1 Å². The predicted octanol–water partition coefficient (Wildman–Crippen LogP) is 2.58. The Labute approximate surface area is 165 Å². The van der Waals surface area contributed by atoms with Gasteiger partial charge in [0.15, 0.2) is 0 Å². The molecule has 9 heteroatoms. The van der Waals surface area contributed by atoms with Gasteiger partial charge in [-0.1, -0.05) is 11.3 Å². The lowest BCUT2D eigenvalue weighted by molar-refractivity contribution is -0.00495. The fraction of sp³-hybridized carbons (Fsp3) is 0.350. The highest BCUT2D eigenvalue weighted by molar-refractivity contribution is 5.62. The van der Waals surface area contributed by atoms with Gasteiger partial charge in [0.25, 0.3) is 0 Å². The molecule has 4 heterocycles. The molecule has 7 nitrogen and oxygen atoms in total. The van der Waals surface area contributed by atoms with Gasteiger partial charge < -0.3 is 9.47 Å². The monoisotopic (exact) mass is 399 g/mol. The van der Waals surface area contributed by atoms with E-state index in [4.69, 9.17) is 9.47 Å². The number of halogens is 2. The molecule has 0 unspecified atom stereocenters. The van der Waals surface area contributed by atoms with Gasteiger partial charge in [-0.3, -0.25) is 4.90 Å². The van der Waals surface area contributed by atoms with Crippen molar-refractivity contribution in [3.05, 3.63) is 59.4 Å². The Morgan fingerprint density at radius 1 is 1.21 bits per heavy atom. The van der Waals surface area contributed by atoms with Crippen molar-refractivity contribution >= 4 is 0 Å². The molecule has 29 heavy (non-hydrogen) atoms. The summed E-state index contributed by atoms with van der Waals surface area (Å²) in [6, 6.07) is 7.29. The number of hydrogen-bond donors (Lipinski definition) is 0. The minimum Gasteiger partial charge on any atom is -0.481 e. The van der Waals surface area contributed by atoms with Crippen LogP contribution in [0.1, 0.15) is 17.3 Å². The maximum absolute atomic E-state index is 14.2. The number of ether oxygens (including phenoxy) is 2. The molecule has 0 amide bonds. The summed E-state index contributed by atoms with van der Waals surface area (Å²) in [5.74, 6) is -0.696. The van der Waals surface area contributed by atoms with Gasteiger partial charge in [0, 0.05) is 43.5 Å². The van der Waals surface area contributed by atoms with E-state index in [9.17, 15) is 8.78 Å². The summed E-state index contributed by atoms with van der Waals surface area (Å²) < 4.78 is 40.4. The van der Waals surface area contributed by atoms with Crippen LogP contribution in [0.25, 0.3) is 11.3 Å². The van der Waals surface area contributed by atoms with Crippen molar-refractivity contribution in [1.82, 2.24) is 24.9 Å². The minimum atomic E-state index is -0.657. The Bertz CT molecular complexity index is 1040. The third-order valence-corrected chi connectivity index (χ3v) is 5.45. The molecule has 0 aliphatic carbocycles. The van der Waals surface area contributed by atoms with E-state index in [2.05, 4.69) is 20.2 Å². The molecule has 2 aliphatic heterocycles. The summed E-state index contributed by atoms with van der Waals surface area (Å²) in [4.78, 5) is 6.52. The zero-order chi connectivity index (χ0) is 20.0. The maximum Gasteiger partial charge on any atom is 0.212 e. The molecule has 5 rings (SSSR count). The number of benzene rings is 1. The molecule has 150 valence electrons. The number of aromatic nitrogens is 4. The zero-order valence-electron chi connectivity index (χ0n) is 15.8. The van der Waals surface area contributed by atoms with Crippen molar-refractivity contribution in [1.29, 1.82) is 0 Å². The van der Waals surface area contributed by atoms with Gasteiger partial charge in [-0.05, 0) is 17.7 Å². The quantitative estimate of drug-likeness (QED) is 0.672. The van der Waals surface area contributed by atoms with E-state index in [-0.39, 0.29) is 24.3 Å². The van der Waals surface area contributed by atoms with Crippen molar-refractivity contribution in [2.75, 3.05) is 20.2 Å². The SMILES string of the molecule is COc1ccc(CN2C[C@@H]3OCc4c(-c5ccc(F)cc5F)nnn4[C@H]3C2)cn1. The molecule has 2 aromatic heterocycles. The molecule has 0 radical (unpaired) electrons. The fourth-order valence-corrected chi connectivity index (χ4v) is 4.03. The second-order valence-electron chi connectivity index (χ2n) is 7.27. The van der Waals surface area contributed by atoms with Crippen LogP contribution in [0.15, 0.2) is 36.5 Å². The largest absolute Gasteiger partial charge is 0.481 e. The summed E-state index contributed by atoms with van der Waals surface area (Å²) >= 11 is 0. The summed E-state index contributed by atoms with van der Waals surface area (Å²) in [7, 11) is 1.59. The second kappa shape index (κ2) is 7.16. The molecule has 0 N–H and O–H groups in total. The summed E-state index contributed by atoms with van der Waals surface area (Å²) in [6.45, 7) is 2.52. The molecular formula is C20H19F2N5O2. The Balaban J connectivity index is 1.37. The van der Waals surface area contributed by atoms with Crippen LogP contribution in [0.4, 0.5) is 8.78 Å². The van der Waals surface area contributed by atoms with Crippen LogP contribution in [0, 0.1) is 11.6 Å². The summed E-state index contributed by atoms with van der Waals surface area (Å²) in [5, 5.41) is 8.45. The number of nitrogens with zero attached hydrogens (tertiary/aromatic N) is 5. The van der Waals surface area contributed by atoms with Crippen LogP contribution in [0.3, 0.4) is 0 Å². The molecule has 3 aromatic rings. The number of pyridine rings is 1. The van der Waals surface area contributed by atoms with E-state index in [1.54, 1.807) is 13.3 Å². The fourth-order valence-electron chi connectivity index (χ4n) is 4.03. The predicted molar refractivity (Wildman–Crippen MR) is 99.1 cm³/mol. The zero-order valence-corrected chi connectivity index (χ0v) is 15.8. The highest BCUT2D eigenvalue weighted by atomic mass is 19.1. The Hall–Kier alpha value is -2.91. The lowest BCUT2D eigenvalue weighted by atomic mass is 10.1. The number of methoxy groups -OCH3 is 1. The van der Waals surface area contributed by atoms with E-state index >= 15 is 0 Å². The first kappa shape index (κ1) is 18.1. The van der Waals surface area contributed by atoms with Gasteiger partial charge in [0.1, 0.15) is 17.3 Å². The Kier molecular flexibility index (Phi) is 4.48. The highest BCUT2D eigenvalue weighted by Crippen LogP contribution is 2.35. The van der Waals surface area contributed by atoms with Crippen LogP contribution in [-0.2, 0) is 17.9 Å². The van der Waals surface area contributed by atoms with Crippen molar-refractivity contribution in [2.24, 2.45) is 0 Å². The average molecular weight is 399 g/mol. The number of hydrogen-bond acceptors (Lipinski definition) is 6. The minimum absolute atomic E-state index is 0.00489. The third kappa shape index (κ3) is 3.26. The lowest BCUT2D eigenvalue weighted by Gasteiger charge is -2.26. The standard InChI is InChI=1S/C20H19F2N5O2/c1-28-19-5-2-12(7-23-19)8-26-9-16-18(10-26)29-11-17-20(24-25-27(16)17)14-4-3-13(21)6-15(14)22/h2-7,16,18H,8-11H2,1H3/t16-,18-/m0/s1. The smallest absolute Gasteiger partial charge is 0.212 e. The van der Waals surface area contributed by atoms with Crippen LogP contribution in [-0.4, -0.2) is 51.2 Å². The van der Waals surface area contributed by atoms with Gasteiger partial charge in [-0.2, -0.15) is 0 Å². The normalized spacial score (nSPS) is 21.1. The molecule has 1 aromatic carbocycles. The Morgan fingerprint density at radius 2 is 2.10 bits per heavy atom. The number of likely N-dealkylation sites (tertiary alicyclic amines) is 1. The second-order valence-corrected chi connectivity index (χ2v) is 7.27. The molecular weight excluding hydrogens is 380 g/mol. The third-order valence-electron chi connectivity index (χ3n) is 5.45. The number of rotatable bonds is 4. The first-order valence-corrected chi connectivity index (χ1v) is 9.34. The van der Waals surface area contributed by atoms with Gasteiger partial charge in [-0.15, -0.1) is 5.10 Å². The van der Waals surface area contributed by atoms with E-state index in [0.29, 0.717) is 17.3 Å². The molecule has 2 aliphatic rings. The lowest BCUT2D eigenvalue weighted by Crippen LogP contribution is -2.32. The Morgan fingerprint density at radius 3 is 2.86 bits per heavy atom. The molecule has 1 saturated heterocycles. The molecule has 0 bridgehead atoms. The van der Waals surface area contributed by atoms with Crippen molar-refractivity contribution < 1.29 is 18.3 Å². The van der Waals surface area contributed by atoms with E-state index < -0.39 is 11.6 Å². The van der Waals surface area contributed by atoms with Gasteiger partial charge >= 0.3 is 0 Å². The van der Waals surface area contributed by atoms with Gasteiger partial charge in [-0.25, -0.2) is 18.4 Å². The van der Waals surface area contributed by atoms with E-state index in [1.807, 2.05) is 16.8 Å². The van der Waals surface area contributed by atoms with Crippen molar-refractivity contribution in [3.63, 3.8) is 0 Å². The van der Waals surface area contributed by atoms with Crippen LogP contribution >= 0.6 is 0 Å². The van der Waals surface area contributed by atoms with Gasteiger partial charge in [0.05, 0.1) is 31.6 Å². The average Bonchev–Trinajstić information content (AvgIpc) is 3.32. The van der Waals surface area contributed by atoms with E-state index in [0.717, 1.165) is 31.3 Å². The topological polar surface area (TPSA) is 65.3 Å². The first-order valence-electron chi connectivity index (χ1n) is 9.34. The van der Waals surface area contributed by atoms with Crippen molar-refractivity contribution in [2.45, 2.75) is 25.3 Å². The number of fused-ring (bicyclic) bond motifs is 3. The molecule has 2 atom stereocenters. The molecule has 0 saturated carbocycles. The van der Waals surface area contributed by atoms with Crippen LogP contribution in [0.5, 0.6) is 5.88 Å². The first-order chi connectivity index (χ1) is 14.1. The van der Waals surface area contributed by atoms with Crippen LogP contribution in [0.2, 0.25) is 0 Å². The highest BCUT2D eigenvalue weighted by Gasteiger charge is 2.40.